The molecular weight excluding hydrogens is 406 g/mol. The molecule has 0 amide bonds. The number of fused-ring (bicyclic) bond motifs is 1. The molecule has 32 heavy (non-hydrogen) atoms. The lowest BCUT2D eigenvalue weighted by atomic mass is 9.98. The van der Waals surface area contributed by atoms with Crippen LogP contribution in [0.15, 0.2) is 64.0 Å². The molecule has 1 N–H and O–H groups in total. The quantitative estimate of drug-likeness (QED) is 0.209. The van der Waals surface area contributed by atoms with Crippen LogP contribution in [0.3, 0.4) is 0 Å². The number of oxazole rings is 1. The van der Waals surface area contributed by atoms with Crippen molar-refractivity contribution in [1.82, 2.24) is 4.98 Å². The lowest BCUT2D eigenvalue weighted by Gasteiger charge is -2.07. The van der Waals surface area contributed by atoms with Gasteiger partial charge in [-0.3, -0.25) is 15.1 Å². The SMILES string of the molecule is CC[C@H](C)c1ccc2oc(-c3ccc(N=Cc4cc([N+](=O)[O-])cc(C)c4O)cc3)nc2c1. The molecule has 0 spiro atoms. The number of nitrogens with zero attached hydrogens (tertiary/aromatic N) is 3. The summed E-state index contributed by atoms with van der Waals surface area (Å²) in [6.07, 6.45) is 2.48. The molecule has 0 aliphatic heterocycles. The Hall–Kier alpha value is -4.00. The Kier molecular flexibility index (Phi) is 5.73. The average Bonchev–Trinajstić information content (AvgIpc) is 3.23. The predicted octanol–water partition coefficient (Wildman–Crippen LogP) is 6.68. The van der Waals surface area contributed by atoms with Crippen molar-refractivity contribution >= 4 is 28.7 Å². The highest BCUT2D eigenvalue weighted by molar-refractivity contribution is 5.87. The van der Waals surface area contributed by atoms with Crippen LogP contribution in [0.25, 0.3) is 22.6 Å². The third-order valence-corrected chi connectivity index (χ3v) is 5.59. The van der Waals surface area contributed by atoms with Gasteiger partial charge in [-0.25, -0.2) is 4.98 Å². The highest BCUT2D eigenvalue weighted by Crippen LogP contribution is 2.30. The van der Waals surface area contributed by atoms with Crippen molar-refractivity contribution in [2.45, 2.75) is 33.1 Å². The van der Waals surface area contributed by atoms with Gasteiger partial charge in [-0.05, 0) is 66.8 Å². The van der Waals surface area contributed by atoms with Crippen LogP contribution >= 0.6 is 0 Å². The highest BCUT2D eigenvalue weighted by Gasteiger charge is 2.13. The van der Waals surface area contributed by atoms with Crippen LogP contribution in [0.2, 0.25) is 0 Å². The van der Waals surface area contributed by atoms with Crippen LogP contribution in [0.1, 0.15) is 42.9 Å². The van der Waals surface area contributed by atoms with Crippen LogP contribution in [0, 0.1) is 17.0 Å². The monoisotopic (exact) mass is 429 g/mol. The second-order valence-corrected chi connectivity index (χ2v) is 7.82. The second kappa shape index (κ2) is 8.63. The summed E-state index contributed by atoms with van der Waals surface area (Å²) in [6, 6.07) is 16.0. The summed E-state index contributed by atoms with van der Waals surface area (Å²) >= 11 is 0. The summed E-state index contributed by atoms with van der Waals surface area (Å²) in [5.74, 6) is 0.967. The molecule has 1 heterocycles. The van der Waals surface area contributed by atoms with Crippen molar-refractivity contribution in [2.75, 3.05) is 0 Å². The lowest BCUT2D eigenvalue weighted by molar-refractivity contribution is -0.384. The fourth-order valence-corrected chi connectivity index (χ4v) is 3.44. The van der Waals surface area contributed by atoms with Crippen molar-refractivity contribution in [3.05, 3.63) is 81.4 Å². The molecule has 4 rings (SSSR count). The fraction of sp³-hybridized carbons (Fsp3) is 0.200. The summed E-state index contributed by atoms with van der Waals surface area (Å²) in [5, 5.41) is 21.2. The number of benzene rings is 3. The van der Waals surface area contributed by atoms with Gasteiger partial charge in [-0.2, -0.15) is 0 Å². The van der Waals surface area contributed by atoms with Gasteiger partial charge in [0.25, 0.3) is 5.69 Å². The molecule has 3 aromatic carbocycles. The van der Waals surface area contributed by atoms with E-state index in [9.17, 15) is 15.2 Å². The topological polar surface area (TPSA) is 102 Å². The third kappa shape index (κ3) is 4.23. The van der Waals surface area contributed by atoms with Crippen molar-refractivity contribution in [3.8, 4) is 17.2 Å². The van der Waals surface area contributed by atoms with Gasteiger partial charge in [0.15, 0.2) is 5.58 Å². The van der Waals surface area contributed by atoms with Crippen molar-refractivity contribution < 1.29 is 14.4 Å². The van der Waals surface area contributed by atoms with Gasteiger partial charge in [-0.1, -0.05) is 19.9 Å². The largest absolute Gasteiger partial charge is 0.507 e. The maximum atomic E-state index is 11.1. The number of phenols is 1. The number of nitro benzene ring substituents is 1. The van der Waals surface area contributed by atoms with E-state index in [0.29, 0.717) is 23.1 Å². The minimum absolute atomic E-state index is 0.0285. The molecule has 0 saturated heterocycles. The van der Waals surface area contributed by atoms with Gasteiger partial charge in [0.2, 0.25) is 5.89 Å². The lowest BCUT2D eigenvalue weighted by Crippen LogP contribution is -1.93. The van der Waals surface area contributed by atoms with E-state index < -0.39 is 4.92 Å². The van der Waals surface area contributed by atoms with Crippen LogP contribution in [-0.4, -0.2) is 21.2 Å². The summed E-state index contributed by atoms with van der Waals surface area (Å²) in [6.45, 7) is 5.96. The molecule has 0 bridgehead atoms. The summed E-state index contributed by atoms with van der Waals surface area (Å²) < 4.78 is 5.91. The zero-order valence-corrected chi connectivity index (χ0v) is 18.1. The number of non-ortho nitro benzene ring substituents is 1. The third-order valence-electron chi connectivity index (χ3n) is 5.59. The van der Waals surface area contributed by atoms with Crippen molar-refractivity contribution in [2.24, 2.45) is 4.99 Å². The summed E-state index contributed by atoms with van der Waals surface area (Å²) in [4.78, 5) is 19.5. The van der Waals surface area contributed by atoms with E-state index >= 15 is 0 Å². The number of aliphatic imine (C=N–C) groups is 1. The number of hydrogen-bond donors (Lipinski definition) is 1. The number of aryl methyl sites for hydroxylation is 1. The Morgan fingerprint density at radius 2 is 1.94 bits per heavy atom. The van der Waals surface area contributed by atoms with E-state index in [1.54, 1.807) is 19.1 Å². The molecule has 7 heteroatoms. The van der Waals surface area contributed by atoms with Gasteiger partial charge >= 0.3 is 0 Å². The molecule has 4 aromatic rings. The summed E-state index contributed by atoms with van der Waals surface area (Å²) in [5.41, 5.74) is 4.88. The number of aromatic nitrogens is 1. The van der Waals surface area contributed by atoms with Crippen molar-refractivity contribution in [1.29, 1.82) is 0 Å². The predicted molar refractivity (Wildman–Crippen MR) is 125 cm³/mol. The molecule has 162 valence electrons. The Morgan fingerprint density at radius 1 is 1.19 bits per heavy atom. The van der Waals surface area contributed by atoms with Crippen LogP contribution in [0.4, 0.5) is 11.4 Å². The van der Waals surface area contributed by atoms with E-state index in [0.717, 1.165) is 23.1 Å². The zero-order chi connectivity index (χ0) is 22.8. The average molecular weight is 429 g/mol. The molecule has 0 saturated carbocycles. The smallest absolute Gasteiger partial charge is 0.270 e. The zero-order valence-electron chi connectivity index (χ0n) is 18.1. The van der Waals surface area contributed by atoms with E-state index in [1.807, 2.05) is 18.2 Å². The van der Waals surface area contributed by atoms with Gasteiger partial charge in [0, 0.05) is 29.5 Å². The van der Waals surface area contributed by atoms with Gasteiger partial charge in [0.05, 0.1) is 10.6 Å². The maximum absolute atomic E-state index is 11.1. The number of aromatic hydroxyl groups is 1. The number of phenolic OH excluding ortho intramolecular Hbond substituents is 1. The maximum Gasteiger partial charge on any atom is 0.270 e. The summed E-state index contributed by atoms with van der Waals surface area (Å²) in [7, 11) is 0. The van der Waals surface area contributed by atoms with Crippen LogP contribution < -0.4 is 0 Å². The Labute approximate surface area is 185 Å². The molecule has 0 fully saturated rings. The van der Waals surface area contributed by atoms with Crippen LogP contribution in [-0.2, 0) is 0 Å². The molecule has 1 aromatic heterocycles. The van der Waals surface area contributed by atoms with Crippen molar-refractivity contribution in [3.63, 3.8) is 0 Å². The standard InChI is InChI=1S/C25H23N3O4/c1-4-15(2)18-7-10-23-22(13-18)27-25(32-23)17-5-8-20(9-6-17)26-14-19-12-21(28(30)31)11-16(3)24(19)29/h5-15,29H,4H2,1-3H3/t15-/m0/s1. The number of rotatable bonds is 6. The first kappa shape index (κ1) is 21.2. The Bertz CT molecular complexity index is 1320. The fourth-order valence-electron chi connectivity index (χ4n) is 3.44. The van der Waals surface area contributed by atoms with Gasteiger partial charge < -0.3 is 9.52 Å². The van der Waals surface area contributed by atoms with E-state index in [-0.39, 0.29) is 17.0 Å². The molecular formula is C25H23N3O4. The first-order valence-electron chi connectivity index (χ1n) is 10.4. The minimum atomic E-state index is -0.495. The first-order chi connectivity index (χ1) is 15.4. The van der Waals surface area contributed by atoms with E-state index in [1.165, 1.54) is 23.9 Å². The Balaban J connectivity index is 1.58. The molecule has 0 aliphatic rings. The molecule has 0 aliphatic carbocycles. The first-order valence-corrected chi connectivity index (χ1v) is 10.4. The van der Waals surface area contributed by atoms with Crippen LogP contribution in [0.5, 0.6) is 5.75 Å². The number of hydrogen-bond acceptors (Lipinski definition) is 6. The normalized spacial score (nSPS) is 12.5. The molecule has 7 nitrogen and oxygen atoms in total. The highest BCUT2D eigenvalue weighted by atomic mass is 16.6. The second-order valence-electron chi connectivity index (χ2n) is 7.82. The van der Waals surface area contributed by atoms with E-state index in [2.05, 4.69) is 36.0 Å². The Morgan fingerprint density at radius 3 is 2.62 bits per heavy atom. The molecule has 1 atom stereocenters. The van der Waals surface area contributed by atoms with Gasteiger partial charge in [-0.15, -0.1) is 0 Å². The number of nitro groups is 1. The molecule has 0 unspecified atom stereocenters. The minimum Gasteiger partial charge on any atom is -0.507 e. The molecule has 0 radical (unpaired) electrons. The van der Waals surface area contributed by atoms with Gasteiger partial charge in [0.1, 0.15) is 11.3 Å². The van der Waals surface area contributed by atoms with E-state index in [4.69, 9.17) is 4.42 Å².